The minimum atomic E-state index is -0.526. The average molecular weight is 433 g/mol. The van der Waals surface area contributed by atoms with Gasteiger partial charge in [-0.2, -0.15) is 5.10 Å². The Balaban J connectivity index is 1.69. The van der Waals surface area contributed by atoms with E-state index in [2.05, 4.69) is 15.2 Å². The van der Waals surface area contributed by atoms with Crippen molar-refractivity contribution < 1.29 is 15.0 Å². The summed E-state index contributed by atoms with van der Waals surface area (Å²) in [6.07, 6.45) is 3.38. The van der Waals surface area contributed by atoms with Gasteiger partial charge in [-0.05, 0) is 47.5 Å². The summed E-state index contributed by atoms with van der Waals surface area (Å²) < 4.78 is 0. The van der Waals surface area contributed by atoms with E-state index in [9.17, 15) is 15.0 Å². The van der Waals surface area contributed by atoms with Crippen LogP contribution >= 0.6 is 11.6 Å². The second-order valence-electron chi connectivity index (χ2n) is 7.31. The van der Waals surface area contributed by atoms with E-state index in [0.717, 1.165) is 11.1 Å². The van der Waals surface area contributed by atoms with E-state index in [1.54, 1.807) is 47.6 Å². The Kier molecular flexibility index (Phi) is 4.60. The fourth-order valence-corrected chi connectivity index (χ4v) is 4.16. The van der Waals surface area contributed by atoms with Crippen LogP contribution in [-0.4, -0.2) is 36.2 Å². The van der Waals surface area contributed by atoms with Crippen molar-refractivity contribution in [1.29, 1.82) is 0 Å². The summed E-state index contributed by atoms with van der Waals surface area (Å²) in [6, 6.07) is 14.6. The van der Waals surface area contributed by atoms with Gasteiger partial charge >= 0.3 is 0 Å². The Hall–Kier alpha value is -3.84. The highest BCUT2D eigenvalue weighted by molar-refractivity contribution is 6.31. The molecular formula is C23H17ClN4O3. The average Bonchev–Trinajstić information content (AvgIpc) is 3.30. The number of hydrogen-bond acceptors (Lipinski definition) is 5. The lowest BCUT2D eigenvalue weighted by molar-refractivity contribution is 0.0729. The van der Waals surface area contributed by atoms with E-state index < -0.39 is 6.04 Å². The summed E-state index contributed by atoms with van der Waals surface area (Å²) in [5.74, 6) is -0.130. The standard InChI is InChI=1S/C23H17ClN4O3/c24-15-6-7-18(30)17(10-15)20-19-21(27-26-20)23(31)28(12-13-3-2-8-25-11-13)22(19)14-4-1-5-16(29)9-14/h1-11,22,29-30H,12H2,(H,26,27). The predicted molar refractivity (Wildman–Crippen MR) is 115 cm³/mol. The van der Waals surface area contributed by atoms with Crippen LogP contribution in [-0.2, 0) is 6.54 Å². The van der Waals surface area contributed by atoms with Crippen molar-refractivity contribution >= 4 is 17.5 Å². The predicted octanol–water partition coefficient (Wildman–Crippen LogP) is 4.28. The van der Waals surface area contributed by atoms with E-state index in [1.807, 2.05) is 18.2 Å². The number of nitrogens with one attached hydrogen (secondary N) is 1. The molecule has 4 aromatic rings. The summed E-state index contributed by atoms with van der Waals surface area (Å²) in [6.45, 7) is 0.316. The molecule has 3 heterocycles. The van der Waals surface area contributed by atoms with Crippen molar-refractivity contribution in [3.63, 3.8) is 0 Å². The van der Waals surface area contributed by atoms with Crippen LogP contribution in [0.2, 0.25) is 5.02 Å². The van der Waals surface area contributed by atoms with E-state index in [1.165, 1.54) is 6.07 Å². The van der Waals surface area contributed by atoms with E-state index in [0.29, 0.717) is 34.1 Å². The Morgan fingerprint density at radius 3 is 2.74 bits per heavy atom. The largest absolute Gasteiger partial charge is 0.508 e. The number of aromatic hydroxyl groups is 2. The van der Waals surface area contributed by atoms with Gasteiger partial charge in [0.15, 0.2) is 0 Å². The van der Waals surface area contributed by atoms with Crippen molar-refractivity contribution in [3.05, 3.63) is 94.4 Å². The molecular weight excluding hydrogens is 416 g/mol. The molecule has 1 atom stereocenters. The van der Waals surface area contributed by atoms with Crippen molar-refractivity contribution in [2.24, 2.45) is 0 Å². The molecule has 1 unspecified atom stereocenters. The molecule has 0 spiro atoms. The van der Waals surface area contributed by atoms with Crippen molar-refractivity contribution in [1.82, 2.24) is 20.1 Å². The van der Waals surface area contributed by atoms with Gasteiger partial charge in [0.25, 0.3) is 5.91 Å². The summed E-state index contributed by atoms with van der Waals surface area (Å²) in [4.78, 5) is 19.2. The number of H-pyrrole nitrogens is 1. The maximum absolute atomic E-state index is 13.3. The SMILES string of the molecule is O=C1c2[nH]nc(-c3cc(Cl)ccc3O)c2C(c2cccc(O)c2)N1Cc1cccnc1. The van der Waals surface area contributed by atoms with E-state index in [-0.39, 0.29) is 17.4 Å². The summed E-state index contributed by atoms with van der Waals surface area (Å²) in [5, 5.41) is 28.1. The molecule has 2 aromatic carbocycles. The number of aromatic nitrogens is 3. The molecule has 31 heavy (non-hydrogen) atoms. The summed E-state index contributed by atoms with van der Waals surface area (Å²) in [7, 11) is 0. The van der Waals surface area contributed by atoms with Crippen LogP contribution in [0.15, 0.2) is 67.0 Å². The van der Waals surface area contributed by atoms with Crippen LogP contribution in [0, 0.1) is 0 Å². The molecule has 154 valence electrons. The first-order valence-electron chi connectivity index (χ1n) is 9.59. The fraction of sp³-hybridized carbons (Fsp3) is 0.0870. The van der Waals surface area contributed by atoms with Crippen LogP contribution in [0.1, 0.15) is 33.2 Å². The van der Waals surface area contributed by atoms with Crippen molar-refractivity contribution in [3.8, 4) is 22.8 Å². The number of carbonyl (C=O) groups excluding carboxylic acids is 1. The maximum atomic E-state index is 13.3. The first-order chi connectivity index (χ1) is 15.0. The molecule has 8 heteroatoms. The number of amides is 1. The second-order valence-corrected chi connectivity index (χ2v) is 7.75. The maximum Gasteiger partial charge on any atom is 0.273 e. The first-order valence-corrected chi connectivity index (χ1v) is 9.96. The molecule has 7 nitrogen and oxygen atoms in total. The van der Waals surface area contributed by atoms with Gasteiger partial charge in [0.05, 0.1) is 6.04 Å². The highest BCUT2D eigenvalue weighted by Gasteiger charge is 2.42. The first kappa shape index (κ1) is 19.1. The van der Waals surface area contributed by atoms with Crippen LogP contribution < -0.4 is 0 Å². The second kappa shape index (κ2) is 7.45. The minimum absolute atomic E-state index is 0.00603. The zero-order valence-corrected chi connectivity index (χ0v) is 16.9. The number of hydrogen-bond donors (Lipinski definition) is 3. The molecule has 0 fully saturated rings. The van der Waals surface area contributed by atoms with Gasteiger partial charge in [0.1, 0.15) is 22.9 Å². The molecule has 0 saturated heterocycles. The lowest BCUT2D eigenvalue weighted by atomic mass is 9.95. The third-order valence-corrected chi connectivity index (χ3v) is 5.57. The van der Waals surface area contributed by atoms with Gasteiger partial charge in [-0.15, -0.1) is 0 Å². The fourth-order valence-electron chi connectivity index (χ4n) is 3.99. The van der Waals surface area contributed by atoms with Crippen LogP contribution in [0.25, 0.3) is 11.3 Å². The quantitative estimate of drug-likeness (QED) is 0.446. The van der Waals surface area contributed by atoms with Gasteiger partial charge in [-0.1, -0.05) is 29.8 Å². The lowest BCUT2D eigenvalue weighted by Crippen LogP contribution is -2.29. The number of phenols is 2. The monoisotopic (exact) mass is 432 g/mol. The molecule has 1 aliphatic rings. The number of halogens is 1. The van der Waals surface area contributed by atoms with Gasteiger partial charge in [-0.25, -0.2) is 0 Å². The van der Waals surface area contributed by atoms with E-state index in [4.69, 9.17) is 11.6 Å². The third-order valence-electron chi connectivity index (χ3n) is 5.34. The molecule has 0 aliphatic carbocycles. The number of rotatable bonds is 4. The van der Waals surface area contributed by atoms with Crippen molar-refractivity contribution in [2.75, 3.05) is 0 Å². The summed E-state index contributed by atoms with van der Waals surface area (Å²) in [5.41, 5.74) is 3.41. The third kappa shape index (κ3) is 3.29. The molecule has 0 radical (unpaired) electrons. The summed E-state index contributed by atoms with van der Waals surface area (Å²) >= 11 is 6.16. The zero-order valence-electron chi connectivity index (χ0n) is 16.2. The molecule has 0 saturated carbocycles. The van der Waals surface area contributed by atoms with Gasteiger partial charge in [-0.3, -0.25) is 14.9 Å². The molecule has 5 rings (SSSR count). The number of aromatic amines is 1. The molecule has 1 aliphatic heterocycles. The minimum Gasteiger partial charge on any atom is -0.508 e. The van der Waals surface area contributed by atoms with Gasteiger partial charge < -0.3 is 15.1 Å². The number of nitrogens with zero attached hydrogens (tertiary/aromatic N) is 3. The molecule has 1 amide bonds. The topological polar surface area (TPSA) is 102 Å². The molecule has 2 aromatic heterocycles. The normalized spacial score (nSPS) is 15.3. The number of carbonyl (C=O) groups is 1. The highest BCUT2D eigenvalue weighted by atomic mass is 35.5. The Morgan fingerprint density at radius 1 is 1.10 bits per heavy atom. The Bertz CT molecular complexity index is 1290. The van der Waals surface area contributed by atoms with Crippen LogP contribution in [0.3, 0.4) is 0 Å². The number of fused-ring (bicyclic) bond motifs is 1. The smallest absolute Gasteiger partial charge is 0.273 e. The number of pyridine rings is 1. The highest BCUT2D eigenvalue weighted by Crippen LogP contribution is 2.45. The van der Waals surface area contributed by atoms with E-state index >= 15 is 0 Å². The Morgan fingerprint density at radius 2 is 1.97 bits per heavy atom. The molecule has 3 N–H and O–H groups in total. The lowest BCUT2D eigenvalue weighted by Gasteiger charge is -2.26. The van der Waals surface area contributed by atoms with Crippen molar-refractivity contribution in [2.45, 2.75) is 12.6 Å². The van der Waals surface area contributed by atoms with Gasteiger partial charge in [0.2, 0.25) is 0 Å². The van der Waals surface area contributed by atoms with Crippen LogP contribution in [0.5, 0.6) is 11.5 Å². The van der Waals surface area contributed by atoms with Gasteiger partial charge in [0, 0.05) is 35.1 Å². The number of phenolic OH excluding ortho intramolecular Hbond substituents is 2. The molecule has 0 bridgehead atoms. The Labute approximate surface area is 182 Å². The van der Waals surface area contributed by atoms with Crippen LogP contribution in [0.4, 0.5) is 0 Å². The zero-order chi connectivity index (χ0) is 21.5. The number of benzene rings is 2.